The topological polar surface area (TPSA) is 88.0 Å². The minimum absolute atomic E-state index is 0.294. The van der Waals surface area contributed by atoms with Crippen molar-refractivity contribution in [1.82, 2.24) is 21.0 Å². The molecule has 11 heteroatoms. The molecule has 4 N–H and O–H groups in total. The number of fused-ring (bicyclic) bond motifs is 1. The fraction of sp³-hybridized carbons (Fsp3) is 0.308. The van der Waals surface area contributed by atoms with E-state index in [1.165, 1.54) is 12.1 Å². The standard InChI is InChI=1S/C26H30BClFN7S/c1-37(2,3)15-32-24-16(12-30)13-31-25-21(24)10-19(11-22(25)28)33-26(27,17-4-6-18(29)7-5-17)23-14-36(35-34-23)20-8-9-20/h4-7,10-11,13-14,20,33-35H,8-9,15,27H2,1-3H3,(H,31,32). The fourth-order valence-electron chi connectivity index (χ4n) is 4.39. The molecule has 192 valence electrons. The molecular formula is C26H30BClFN7S. The van der Waals surface area contributed by atoms with Crippen LogP contribution in [0.25, 0.3) is 10.9 Å². The molecule has 0 amide bonds. The molecule has 2 aliphatic rings. The highest BCUT2D eigenvalue weighted by molar-refractivity contribution is 8.32. The number of benzene rings is 2. The molecule has 1 aliphatic heterocycles. The van der Waals surface area contributed by atoms with Crippen LogP contribution in [0.2, 0.25) is 5.02 Å². The van der Waals surface area contributed by atoms with E-state index in [9.17, 15) is 9.65 Å². The molecule has 0 saturated heterocycles. The summed E-state index contributed by atoms with van der Waals surface area (Å²) in [7, 11) is 1.17. The van der Waals surface area contributed by atoms with Gasteiger partial charge in [0.05, 0.1) is 32.9 Å². The largest absolute Gasteiger partial charge is 0.378 e. The monoisotopic (exact) mass is 537 g/mol. The van der Waals surface area contributed by atoms with Crippen LogP contribution in [0.1, 0.15) is 24.0 Å². The Morgan fingerprint density at radius 3 is 2.65 bits per heavy atom. The summed E-state index contributed by atoms with van der Waals surface area (Å²) in [5.41, 5.74) is 10.1. The van der Waals surface area contributed by atoms with E-state index in [-0.39, 0.29) is 5.82 Å². The van der Waals surface area contributed by atoms with E-state index in [4.69, 9.17) is 11.6 Å². The van der Waals surface area contributed by atoms with Gasteiger partial charge in [0.1, 0.15) is 19.7 Å². The maximum Gasteiger partial charge on any atom is 0.148 e. The summed E-state index contributed by atoms with van der Waals surface area (Å²) in [6.45, 7) is 0. The second kappa shape index (κ2) is 9.64. The second-order valence-electron chi connectivity index (χ2n) is 10.6. The van der Waals surface area contributed by atoms with Crippen LogP contribution in [0.4, 0.5) is 15.8 Å². The van der Waals surface area contributed by atoms with Gasteiger partial charge < -0.3 is 16.1 Å². The van der Waals surface area contributed by atoms with Crippen LogP contribution >= 0.6 is 21.6 Å². The molecule has 0 spiro atoms. The third kappa shape index (κ3) is 5.30. The van der Waals surface area contributed by atoms with Crippen molar-refractivity contribution < 1.29 is 4.39 Å². The lowest BCUT2D eigenvalue weighted by Gasteiger charge is -2.34. The van der Waals surface area contributed by atoms with E-state index in [0.29, 0.717) is 22.1 Å². The molecule has 1 fully saturated rings. The number of hydrogen-bond acceptors (Lipinski definition) is 7. The van der Waals surface area contributed by atoms with E-state index in [1.807, 2.05) is 20.0 Å². The average molecular weight is 538 g/mol. The van der Waals surface area contributed by atoms with Crippen LogP contribution < -0.4 is 21.6 Å². The number of pyridine rings is 1. The molecule has 2 aromatic carbocycles. The maximum absolute atomic E-state index is 13.8. The third-order valence-corrected chi connectivity index (χ3v) is 7.91. The minimum atomic E-state index is -0.870. The quantitative estimate of drug-likeness (QED) is 0.321. The lowest BCUT2D eigenvalue weighted by atomic mass is 9.69. The minimum Gasteiger partial charge on any atom is -0.378 e. The molecule has 2 heterocycles. The molecule has 37 heavy (non-hydrogen) atoms. The maximum atomic E-state index is 13.8. The van der Waals surface area contributed by atoms with Crippen LogP contribution in [-0.4, -0.2) is 48.5 Å². The molecule has 1 aliphatic carbocycles. The Kier molecular flexibility index (Phi) is 6.65. The first-order chi connectivity index (χ1) is 17.6. The normalized spacial score (nSPS) is 17.5. The number of hydrogen-bond donors (Lipinski definition) is 4. The molecule has 0 radical (unpaired) electrons. The molecule has 5 rings (SSSR count). The number of anilines is 2. The highest BCUT2D eigenvalue weighted by Crippen LogP contribution is 2.40. The Balaban J connectivity index is 1.60. The van der Waals surface area contributed by atoms with Crippen LogP contribution in [0.15, 0.2) is 54.5 Å². The van der Waals surface area contributed by atoms with Crippen molar-refractivity contribution in [3.8, 4) is 6.07 Å². The van der Waals surface area contributed by atoms with Crippen molar-refractivity contribution in [3.05, 3.63) is 76.5 Å². The lowest BCUT2D eigenvalue weighted by Crippen LogP contribution is -2.45. The Hall–Kier alpha value is -3.13. The zero-order chi connectivity index (χ0) is 26.4. The first-order valence-electron chi connectivity index (χ1n) is 12.1. The molecule has 7 nitrogen and oxygen atoms in total. The van der Waals surface area contributed by atoms with Gasteiger partial charge in [0.2, 0.25) is 0 Å². The molecule has 0 bridgehead atoms. The number of rotatable bonds is 8. The Morgan fingerprint density at radius 2 is 2.00 bits per heavy atom. The number of hydrazine groups is 2. The number of nitrogens with one attached hydrogen (secondary N) is 4. The van der Waals surface area contributed by atoms with Gasteiger partial charge in [-0.05, 0) is 61.4 Å². The van der Waals surface area contributed by atoms with Crippen molar-refractivity contribution in [1.29, 1.82) is 5.26 Å². The van der Waals surface area contributed by atoms with E-state index < -0.39 is 15.5 Å². The molecular weight excluding hydrogens is 508 g/mol. The summed E-state index contributed by atoms with van der Waals surface area (Å²) in [5, 5.41) is 20.2. The number of aromatic nitrogens is 1. The van der Waals surface area contributed by atoms with Gasteiger partial charge in [-0.3, -0.25) is 9.99 Å². The summed E-state index contributed by atoms with van der Waals surface area (Å²) in [6.07, 6.45) is 12.5. The van der Waals surface area contributed by atoms with Crippen LogP contribution in [0.3, 0.4) is 0 Å². The van der Waals surface area contributed by atoms with Crippen molar-refractivity contribution >= 4 is 51.8 Å². The van der Waals surface area contributed by atoms with E-state index in [1.54, 1.807) is 18.3 Å². The Morgan fingerprint density at radius 1 is 1.27 bits per heavy atom. The highest BCUT2D eigenvalue weighted by atomic mass is 35.5. The zero-order valence-corrected chi connectivity index (χ0v) is 22.9. The van der Waals surface area contributed by atoms with Gasteiger partial charge in [0, 0.05) is 35.4 Å². The van der Waals surface area contributed by atoms with Gasteiger partial charge in [-0.2, -0.15) is 5.26 Å². The van der Waals surface area contributed by atoms with Crippen LogP contribution in [0.5, 0.6) is 0 Å². The predicted octanol–water partition coefficient (Wildman–Crippen LogP) is 4.19. The smallest absolute Gasteiger partial charge is 0.148 e. The van der Waals surface area contributed by atoms with E-state index in [2.05, 4.69) is 62.6 Å². The van der Waals surface area contributed by atoms with Gasteiger partial charge in [0.25, 0.3) is 0 Å². The molecule has 1 saturated carbocycles. The summed E-state index contributed by atoms with van der Waals surface area (Å²) in [5.74, 6) is 0.459. The first-order valence-corrected chi connectivity index (χ1v) is 15.5. The number of halogens is 2. The summed E-state index contributed by atoms with van der Waals surface area (Å²) in [4.78, 5) is 4.48. The van der Waals surface area contributed by atoms with Gasteiger partial charge in [-0.25, -0.2) is 14.4 Å². The molecule has 3 aromatic rings. The van der Waals surface area contributed by atoms with E-state index >= 15 is 0 Å². The van der Waals surface area contributed by atoms with Crippen LogP contribution in [0, 0.1) is 17.1 Å². The summed E-state index contributed by atoms with van der Waals surface area (Å²) in [6, 6.07) is 13.0. The van der Waals surface area contributed by atoms with Crippen molar-refractivity contribution in [3.63, 3.8) is 0 Å². The van der Waals surface area contributed by atoms with Crippen molar-refractivity contribution in [2.45, 2.75) is 24.3 Å². The first kappa shape index (κ1) is 25.5. The second-order valence-corrected chi connectivity index (χ2v) is 15.5. The van der Waals surface area contributed by atoms with Crippen molar-refractivity contribution in [2.75, 3.05) is 35.3 Å². The van der Waals surface area contributed by atoms with Gasteiger partial charge >= 0.3 is 0 Å². The highest BCUT2D eigenvalue weighted by Gasteiger charge is 2.38. The lowest BCUT2D eigenvalue weighted by molar-refractivity contribution is 0.260. The van der Waals surface area contributed by atoms with Gasteiger partial charge in [0.15, 0.2) is 0 Å². The Bertz CT molecular complexity index is 1420. The van der Waals surface area contributed by atoms with Crippen molar-refractivity contribution in [2.24, 2.45) is 0 Å². The van der Waals surface area contributed by atoms with Crippen LogP contribution in [-0.2, 0) is 5.44 Å². The molecule has 1 aromatic heterocycles. The molecule has 1 atom stereocenters. The van der Waals surface area contributed by atoms with E-state index in [0.717, 1.165) is 46.7 Å². The SMILES string of the molecule is BC(Nc1cc(Cl)c2ncc(C#N)c(NCS(C)(C)C)c2c1)(C1=CN(C2CC2)NN1)c1ccc(F)cc1. The third-order valence-electron chi connectivity index (χ3n) is 6.61. The number of nitriles is 1. The molecule has 1 unspecified atom stereocenters. The van der Waals surface area contributed by atoms with Gasteiger partial charge in [-0.1, -0.05) is 23.7 Å². The van der Waals surface area contributed by atoms with Gasteiger partial charge in [-0.15, -0.1) is 5.53 Å². The predicted molar refractivity (Wildman–Crippen MR) is 155 cm³/mol. The number of nitrogens with zero attached hydrogens (tertiary/aromatic N) is 3. The summed E-state index contributed by atoms with van der Waals surface area (Å²) < 4.78 is 13.8. The summed E-state index contributed by atoms with van der Waals surface area (Å²) >= 11 is 6.74. The average Bonchev–Trinajstić information content (AvgIpc) is 3.58. The Labute approximate surface area is 224 Å². The zero-order valence-electron chi connectivity index (χ0n) is 21.3. The fourth-order valence-corrected chi connectivity index (χ4v) is 5.24.